The number of rotatable bonds is 14. The first-order chi connectivity index (χ1) is 24.6. The van der Waals surface area contributed by atoms with E-state index in [1.807, 2.05) is 23.9 Å². The normalized spacial score (nSPS) is 20.8. The highest BCUT2D eigenvalue weighted by Crippen LogP contribution is 2.39. The van der Waals surface area contributed by atoms with Crippen molar-refractivity contribution in [3.63, 3.8) is 0 Å². The Morgan fingerprint density at radius 1 is 1.10 bits per heavy atom. The lowest BCUT2D eigenvalue weighted by Crippen LogP contribution is -2.38. The number of nitriles is 1. The van der Waals surface area contributed by atoms with Crippen molar-refractivity contribution < 1.29 is 18.9 Å². The minimum atomic E-state index is -0.343. The molecule has 4 atom stereocenters. The van der Waals surface area contributed by atoms with Crippen molar-refractivity contribution in [3.05, 3.63) is 53.5 Å². The Bertz CT molecular complexity index is 1680. The fourth-order valence-electron chi connectivity index (χ4n) is 6.78. The Morgan fingerprint density at radius 2 is 1.84 bits per heavy atom. The molecule has 1 saturated carbocycles. The highest BCUT2D eigenvalue weighted by molar-refractivity contribution is 5.67. The van der Waals surface area contributed by atoms with Crippen LogP contribution in [0.25, 0.3) is 11.1 Å². The van der Waals surface area contributed by atoms with Crippen LogP contribution in [0, 0.1) is 17.2 Å². The second-order valence-corrected chi connectivity index (χ2v) is 13.8. The summed E-state index contributed by atoms with van der Waals surface area (Å²) in [6, 6.07) is 7.80. The lowest BCUT2D eigenvalue weighted by Gasteiger charge is -2.26. The Balaban J connectivity index is 1.30. The van der Waals surface area contributed by atoms with Gasteiger partial charge in [-0.05, 0) is 83.4 Å². The average Bonchev–Trinajstić information content (AvgIpc) is 3.42. The first-order valence-electron chi connectivity index (χ1n) is 17.8. The van der Waals surface area contributed by atoms with E-state index in [0.29, 0.717) is 54.7 Å². The van der Waals surface area contributed by atoms with Crippen LogP contribution in [0.4, 0.5) is 11.6 Å². The summed E-state index contributed by atoms with van der Waals surface area (Å²) in [6.07, 6.45) is 14.5. The molecule has 0 spiro atoms. The highest BCUT2D eigenvalue weighted by atomic mass is 16.5. The van der Waals surface area contributed by atoms with E-state index in [9.17, 15) is 5.26 Å². The molecular formula is C37H52N10O4. The molecule has 2 aliphatic rings. The van der Waals surface area contributed by atoms with Gasteiger partial charge < -0.3 is 30.1 Å². The quantitative estimate of drug-likeness (QED) is 0.0600. The number of nitrogens with one attached hydrogen (secondary N) is 1. The number of ether oxygens (including phenoxy) is 4. The fourth-order valence-corrected chi connectivity index (χ4v) is 6.78. The Hall–Kier alpha value is -4.71. The maximum Gasteiger partial charge on any atom is 0.256 e. The number of nitrogens with zero attached hydrogens (tertiary/aromatic N) is 7. The summed E-state index contributed by atoms with van der Waals surface area (Å²) in [6.45, 7) is 9.67. The summed E-state index contributed by atoms with van der Waals surface area (Å²) in [5.74, 6) is 12.6. The SMILES string of the molecule is COCC(C)COc1nn(C2CCC(=C3CCC(C)OC(C)C3)CC2)cc1Nc1ncc(-c2ccc(C#N)c(O[C@@H](C)CN(N)/C=N\N)c2)cn1. The molecule has 3 heterocycles. The zero-order valence-corrected chi connectivity index (χ0v) is 30.4. The van der Waals surface area contributed by atoms with Crippen LogP contribution in [0.5, 0.6) is 11.6 Å². The average molecular weight is 701 g/mol. The van der Waals surface area contributed by atoms with Gasteiger partial charge in [0.1, 0.15) is 29.9 Å². The van der Waals surface area contributed by atoms with E-state index in [2.05, 4.69) is 47.2 Å². The molecule has 1 aromatic carbocycles. The largest absolute Gasteiger partial charge is 0.487 e. The minimum absolute atomic E-state index is 0.194. The lowest BCUT2D eigenvalue weighted by atomic mass is 9.85. The van der Waals surface area contributed by atoms with Crippen LogP contribution in [-0.4, -0.2) is 76.3 Å². The fraction of sp³-hybridized carbons (Fsp3) is 0.541. The number of allylic oxidation sites excluding steroid dienone is 1. The van der Waals surface area contributed by atoms with Crippen molar-refractivity contribution in [2.45, 2.75) is 97.0 Å². The zero-order valence-electron chi connectivity index (χ0n) is 30.4. The second-order valence-electron chi connectivity index (χ2n) is 13.8. The van der Waals surface area contributed by atoms with Crippen LogP contribution in [0.1, 0.15) is 84.2 Å². The monoisotopic (exact) mass is 700 g/mol. The molecule has 0 bridgehead atoms. The van der Waals surface area contributed by atoms with Crippen molar-refractivity contribution >= 4 is 18.0 Å². The van der Waals surface area contributed by atoms with E-state index in [1.165, 1.54) is 11.3 Å². The molecule has 1 saturated heterocycles. The summed E-state index contributed by atoms with van der Waals surface area (Å²) in [4.78, 5) is 9.21. The summed E-state index contributed by atoms with van der Waals surface area (Å²) >= 11 is 0. The van der Waals surface area contributed by atoms with E-state index in [4.69, 9.17) is 35.7 Å². The number of methoxy groups -OCH3 is 1. The topological polar surface area (TPSA) is 184 Å². The van der Waals surface area contributed by atoms with Crippen molar-refractivity contribution in [1.82, 2.24) is 24.8 Å². The van der Waals surface area contributed by atoms with E-state index < -0.39 is 0 Å². The van der Waals surface area contributed by atoms with Gasteiger partial charge in [0.05, 0.1) is 49.8 Å². The van der Waals surface area contributed by atoms with Crippen LogP contribution in [0.15, 0.2) is 53.0 Å². The molecule has 2 fully saturated rings. The van der Waals surface area contributed by atoms with Crippen molar-refractivity contribution in [3.8, 4) is 28.8 Å². The van der Waals surface area contributed by atoms with Gasteiger partial charge in [0, 0.05) is 31.0 Å². The summed E-state index contributed by atoms with van der Waals surface area (Å²) in [7, 11) is 1.69. The van der Waals surface area contributed by atoms with Gasteiger partial charge in [0.2, 0.25) is 5.95 Å². The molecule has 5 rings (SSSR count). The zero-order chi connectivity index (χ0) is 36.3. The van der Waals surface area contributed by atoms with E-state index in [-0.39, 0.29) is 24.2 Å². The molecule has 51 heavy (non-hydrogen) atoms. The molecule has 3 aromatic rings. The molecule has 3 unspecified atom stereocenters. The molecule has 5 N–H and O–H groups in total. The Labute approximate surface area is 300 Å². The number of hydrazone groups is 1. The number of anilines is 2. The van der Waals surface area contributed by atoms with Crippen LogP contribution < -0.4 is 26.5 Å². The number of hydrogen-bond acceptors (Lipinski definition) is 12. The first-order valence-corrected chi connectivity index (χ1v) is 17.8. The maximum atomic E-state index is 9.66. The lowest BCUT2D eigenvalue weighted by molar-refractivity contribution is 0.0145. The number of benzene rings is 1. The van der Waals surface area contributed by atoms with E-state index in [1.54, 1.807) is 42.8 Å². The summed E-state index contributed by atoms with van der Waals surface area (Å²) in [5.41, 5.74) is 5.87. The number of hydrogen-bond donors (Lipinski definition) is 3. The van der Waals surface area contributed by atoms with Crippen LogP contribution in [-0.2, 0) is 9.47 Å². The third-order valence-electron chi connectivity index (χ3n) is 9.28. The predicted molar refractivity (Wildman–Crippen MR) is 196 cm³/mol. The smallest absolute Gasteiger partial charge is 0.256 e. The predicted octanol–water partition coefficient (Wildman–Crippen LogP) is 5.85. The molecule has 1 aliphatic heterocycles. The van der Waals surface area contributed by atoms with Crippen LogP contribution >= 0.6 is 0 Å². The molecule has 274 valence electrons. The van der Waals surface area contributed by atoms with Crippen molar-refractivity contribution in [2.75, 3.05) is 32.2 Å². The number of aromatic nitrogens is 4. The highest BCUT2D eigenvalue weighted by Gasteiger charge is 2.26. The minimum Gasteiger partial charge on any atom is -0.487 e. The number of hydrazine groups is 1. The third-order valence-corrected chi connectivity index (χ3v) is 9.28. The second kappa shape index (κ2) is 18.0. The van der Waals surface area contributed by atoms with E-state index in [0.717, 1.165) is 56.1 Å². The van der Waals surface area contributed by atoms with Gasteiger partial charge in [-0.3, -0.25) is 9.69 Å². The number of nitrogens with two attached hydrogens (primary N) is 2. The van der Waals surface area contributed by atoms with Gasteiger partial charge in [0.25, 0.3) is 5.88 Å². The van der Waals surface area contributed by atoms with Crippen LogP contribution in [0.3, 0.4) is 0 Å². The molecule has 14 heteroatoms. The summed E-state index contributed by atoms with van der Waals surface area (Å²) in [5, 5.41) is 22.7. The Morgan fingerprint density at radius 3 is 2.55 bits per heavy atom. The van der Waals surface area contributed by atoms with Gasteiger partial charge in [-0.2, -0.15) is 10.4 Å². The van der Waals surface area contributed by atoms with Gasteiger partial charge in [0.15, 0.2) is 0 Å². The van der Waals surface area contributed by atoms with Gasteiger partial charge in [-0.1, -0.05) is 24.1 Å². The maximum absolute atomic E-state index is 9.66. The molecule has 0 radical (unpaired) electrons. The van der Waals surface area contributed by atoms with Crippen molar-refractivity contribution in [1.29, 1.82) is 5.26 Å². The van der Waals surface area contributed by atoms with E-state index >= 15 is 0 Å². The Kier molecular flexibility index (Phi) is 13.2. The molecular weight excluding hydrogens is 648 g/mol. The molecule has 2 aromatic heterocycles. The van der Waals surface area contributed by atoms with Crippen LogP contribution in [0.2, 0.25) is 0 Å². The first kappa shape index (κ1) is 37.5. The standard InChI is InChI=1S/C37H52N10O4/c1-24(21-48-5)22-49-36-34(20-47(45-36)33-12-10-28(11-13-33)29-7-6-25(2)50-26(3)14-29)44-37-41-17-32(18-42-37)30-8-9-31(16-38)35(15-30)51-27(4)19-46(40)23-43-39/h8-9,15,17-18,20,23-27,33H,6-7,10-14,19,21-22,39-40H2,1-5H3,(H,41,42,44)/b29-28?,43-23-/t24?,25?,26?,27-,33?/m0/s1. The third kappa shape index (κ3) is 10.4. The summed E-state index contributed by atoms with van der Waals surface area (Å²) < 4.78 is 25.7. The molecule has 0 amide bonds. The van der Waals surface area contributed by atoms with Gasteiger partial charge >= 0.3 is 0 Å². The molecule has 14 nitrogen and oxygen atoms in total. The van der Waals surface area contributed by atoms with Crippen molar-refractivity contribution in [2.24, 2.45) is 22.7 Å². The van der Waals surface area contributed by atoms with Gasteiger partial charge in [-0.25, -0.2) is 15.8 Å². The molecule has 1 aliphatic carbocycles. The van der Waals surface area contributed by atoms with Gasteiger partial charge in [-0.15, -0.1) is 5.10 Å².